The smallest absolute Gasteiger partial charge is 0.353 e. The van der Waals surface area contributed by atoms with E-state index in [-0.39, 0.29) is 66.0 Å². The number of amides is 4. The molecule has 17 nitrogen and oxygen atoms in total. The third kappa shape index (κ3) is 6.83. The molecular formula is C27H40N10O7S. The Bertz CT molecular complexity index is 1330. The highest BCUT2D eigenvalue weighted by Gasteiger charge is 2.60. The molecule has 4 aliphatic heterocycles. The Morgan fingerprint density at radius 3 is 2.62 bits per heavy atom. The van der Waals surface area contributed by atoms with Gasteiger partial charge in [-0.1, -0.05) is 6.92 Å². The fourth-order valence-electron chi connectivity index (χ4n) is 6.68. The lowest BCUT2D eigenvalue weighted by molar-refractivity contribution is -0.158. The molecule has 0 saturated carbocycles. The van der Waals surface area contributed by atoms with Crippen LogP contribution in [0.1, 0.15) is 33.1 Å². The summed E-state index contributed by atoms with van der Waals surface area (Å²) in [6.07, 6.45) is 2.07. The van der Waals surface area contributed by atoms with Crippen LogP contribution in [0.25, 0.3) is 0 Å². The number of hydrogen-bond acceptors (Lipinski definition) is 12. The second-order valence-corrected chi connectivity index (χ2v) is 13.4. The molecule has 0 radical (unpaired) electrons. The molecule has 0 spiro atoms. The van der Waals surface area contributed by atoms with Crippen LogP contribution >= 0.6 is 11.8 Å². The van der Waals surface area contributed by atoms with Crippen LogP contribution in [0.5, 0.6) is 0 Å². The summed E-state index contributed by atoms with van der Waals surface area (Å²) in [6.45, 7) is 5.08. The molecule has 0 bridgehead atoms. The van der Waals surface area contributed by atoms with Crippen molar-refractivity contribution >= 4 is 41.4 Å². The molecule has 5 heterocycles. The van der Waals surface area contributed by atoms with Crippen LogP contribution < -0.4 is 21.7 Å². The highest BCUT2D eigenvalue weighted by molar-refractivity contribution is 8.03. The third-order valence-electron chi connectivity index (χ3n) is 9.06. The van der Waals surface area contributed by atoms with Crippen molar-refractivity contribution in [2.75, 3.05) is 32.7 Å². The largest absolute Gasteiger partial charge is 0.477 e. The molecule has 4 aliphatic rings. The molecule has 2 unspecified atom stereocenters. The van der Waals surface area contributed by atoms with Crippen LogP contribution in [0, 0.1) is 17.8 Å². The number of nitrogens with one attached hydrogen (secondary N) is 3. The number of tetrazole rings is 1. The molecule has 7 atom stereocenters. The number of aliphatic hydroxyl groups is 1. The van der Waals surface area contributed by atoms with Crippen LogP contribution in [0.3, 0.4) is 0 Å². The maximum atomic E-state index is 13.3. The van der Waals surface area contributed by atoms with Crippen molar-refractivity contribution < 1.29 is 34.2 Å². The molecule has 3 saturated heterocycles. The number of aliphatic hydroxyl groups excluding tert-OH is 1. The normalized spacial score (nSPS) is 28.0. The van der Waals surface area contributed by atoms with E-state index in [0.717, 1.165) is 0 Å². The molecule has 4 amide bonds. The van der Waals surface area contributed by atoms with E-state index in [1.165, 1.54) is 27.7 Å². The molecular weight excluding hydrogens is 608 g/mol. The first-order valence-electron chi connectivity index (χ1n) is 15.1. The van der Waals surface area contributed by atoms with Crippen molar-refractivity contribution in [3.05, 3.63) is 16.9 Å². The lowest BCUT2D eigenvalue weighted by atomic mass is 9.78. The number of carbonyl (C=O) groups is 5. The van der Waals surface area contributed by atoms with E-state index in [9.17, 15) is 34.2 Å². The summed E-state index contributed by atoms with van der Waals surface area (Å²) in [7, 11) is 0. The van der Waals surface area contributed by atoms with Crippen LogP contribution in [-0.4, -0.2) is 132 Å². The summed E-state index contributed by atoms with van der Waals surface area (Å²) in [5.74, 6) is -3.18. The van der Waals surface area contributed by atoms with E-state index < -0.39 is 36.1 Å². The van der Waals surface area contributed by atoms with Crippen molar-refractivity contribution in [3.63, 3.8) is 0 Å². The van der Waals surface area contributed by atoms with Crippen molar-refractivity contribution in [2.24, 2.45) is 23.5 Å². The first-order chi connectivity index (χ1) is 21.5. The van der Waals surface area contributed by atoms with E-state index >= 15 is 0 Å². The second-order valence-electron chi connectivity index (χ2n) is 12.1. The number of aromatic nitrogens is 4. The lowest BCUT2D eigenvalue weighted by Crippen LogP contribution is -2.66. The predicted molar refractivity (Wildman–Crippen MR) is 159 cm³/mol. The molecule has 45 heavy (non-hydrogen) atoms. The zero-order valence-corrected chi connectivity index (χ0v) is 26.0. The van der Waals surface area contributed by atoms with E-state index in [1.54, 1.807) is 11.8 Å². The number of nitrogens with two attached hydrogens (primary N) is 1. The van der Waals surface area contributed by atoms with Crippen LogP contribution in [0.4, 0.5) is 0 Å². The third-order valence-corrected chi connectivity index (χ3v) is 10.6. The zero-order valence-electron chi connectivity index (χ0n) is 25.2. The van der Waals surface area contributed by atoms with Gasteiger partial charge in [0.2, 0.25) is 23.6 Å². The van der Waals surface area contributed by atoms with Gasteiger partial charge in [-0.2, -0.15) is 0 Å². The number of hydrogen-bond donors (Lipinski definition) is 6. The van der Waals surface area contributed by atoms with Crippen LogP contribution in [0.2, 0.25) is 0 Å². The number of rotatable bonds is 12. The van der Waals surface area contributed by atoms with E-state index in [2.05, 4.69) is 31.5 Å². The Morgan fingerprint density at radius 2 is 1.98 bits per heavy atom. The van der Waals surface area contributed by atoms with Gasteiger partial charge in [-0.3, -0.25) is 19.2 Å². The number of likely N-dealkylation sites (tertiary alicyclic amines) is 1. The number of piperidine rings is 1. The van der Waals surface area contributed by atoms with Gasteiger partial charge in [0.15, 0.2) is 0 Å². The Kier molecular flexibility index (Phi) is 10.0. The first kappa shape index (κ1) is 32.8. The molecule has 18 heteroatoms. The predicted octanol–water partition coefficient (Wildman–Crippen LogP) is -2.91. The standard InChI is InChI=1S/C27H40N10O7S/c1-13-21-20(14(2)32-19(39)11-36-12-31-33-34-36)26(42)37(21)22(27(43)44)23(13)45-17-7-18(29-10-17)25(41)35-5-3-15(4-6-35)24(40)30-9-16(38)8-28/h12-18,20-21,29,38H,3-11,28H2,1-2H3,(H,30,40)(H,32,39)(H,43,44)/t13-,14-,16?,17+,18?,20-,21-/m1/s1. The van der Waals surface area contributed by atoms with E-state index in [1.807, 2.05) is 6.92 Å². The second kappa shape index (κ2) is 13.8. The van der Waals surface area contributed by atoms with Gasteiger partial charge in [-0.05, 0) is 36.6 Å². The zero-order chi connectivity index (χ0) is 32.4. The fourth-order valence-corrected chi connectivity index (χ4v) is 8.15. The van der Waals surface area contributed by atoms with Gasteiger partial charge in [0.05, 0.1) is 24.1 Å². The minimum Gasteiger partial charge on any atom is -0.477 e. The number of thioether (sulfide) groups is 1. The summed E-state index contributed by atoms with van der Waals surface area (Å²) in [6, 6.07) is -1.37. The SMILES string of the molecule is C[C@@H](NC(=O)Cn1cnnn1)[C@H]1C(=O)N2C(C(=O)O)=C(S[C@@H]3CNC(C(=O)N4CCC(C(=O)NCC(O)CN)CC4)C3)[C@H](C)[C@H]12. The number of carboxylic acid groups (broad SMARTS) is 1. The fraction of sp³-hybridized carbons (Fsp3) is 0.704. The number of β-lactam (4-membered cyclic amide) rings is 1. The molecule has 1 aromatic rings. The maximum absolute atomic E-state index is 13.3. The minimum atomic E-state index is -1.18. The number of aliphatic carboxylic acids is 1. The Labute approximate surface area is 263 Å². The number of carboxylic acids is 1. The molecule has 0 aromatic carbocycles. The van der Waals surface area contributed by atoms with Gasteiger partial charge in [0.25, 0.3) is 0 Å². The highest BCUT2D eigenvalue weighted by Crippen LogP contribution is 2.51. The van der Waals surface area contributed by atoms with Crippen LogP contribution in [0.15, 0.2) is 16.9 Å². The van der Waals surface area contributed by atoms with Crippen LogP contribution in [-0.2, 0) is 30.5 Å². The van der Waals surface area contributed by atoms with Gasteiger partial charge in [0.1, 0.15) is 18.6 Å². The monoisotopic (exact) mass is 648 g/mol. The number of carbonyl (C=O) groups excluding carboxylic acids is 4. The summed E-state index contributed by atoms with van der Waals surface area (Å²) >= 11 is 1.40. The molecule has 5 rings (SSSR count). The quantitative estimate of drug-likeness (QED) is 0.125. The topological polar surface area (TPSA) is 238 Å². The Hall–Kier alpha value is -3.61. The van der Waals surface area contributed by atoms with Crippen molar-refractivity contribution in [3.8, 4) is 0 Å². The molecule has 3 fully saturated rings. The molecule has 246 valence electrons. The molecule has 1 aromatic heterocycles. The van der Waals surface area contributed by atoms with Gasteiger partial charge in [0, 0.05) is 60.8 Å². The van der Waals surface area contributed by atoms with Crippen molar-refractivity contribution in [1.29, 1.82) is 0 Å². The van der Waals surface area contributed by atoms with Gasteiger partial charge in [-0.25, -0.2) is 9.48 Å². The summed E-state index contributed by atoms with van der Waals surface area (Å²) < 4.78 is 1.26. The van der Waals surface area contributed by atoms with E-state index in [4.69, 9.17) is 5.73 Å². The Morgan fingerprint density at radius 1 is 1.24 bits per heavy atom. The number of nitrogens with zero attached hydrogens (tertiary/aromatic N) is 6. The summed E-state index contributed by atoms with van der Waals surface area (Å²) in [4.78, 5) is 67.5. The Balaban J connectivity index is 1.14. The van der Waals surface area contributed by atoms with Crippen molar-refractivity contribution in [2.45, 2.75) is 69.1 Å². The highest BCUT2D eigenvalue weighted by atomic mass is 32.2. The van der Waals surface area contributed by atoms with Crippen molar-refractivity contribution in [1.82, 2.24) is 46.0 Å². The van der Waals surface area contributed by atoms with E-state index in [0.29, 0.717) is 43.8 Å². The minimum absolute atomic E-state index is 0.0277. The summed E-state index contributed by atoms with van der Waals surface area (Å²) in [5, 5.41) is 39.1. The average Bonchev–Trinajstić information content (AvgIpc) is 3.75. The molecule has 0 aliphatic carbocycles. The first-order valence-corrected chi connectivity index (χ1v) is 16.0. The maximum Gasteiger partial charge on any atom is 0.353 e. The summed E-state index contributed by atoms with van der Waals surface area (Å²) in [5.41, 5.74) is 5.36. The number of fused-ring (bicyclic) bond motifs is 1. The molecule has 7 N–H and O–H groups in total. The average molecular weight is 649 g/mol. The van der Waals surface area contributed by atoms with Gasteiger partial charge in [-0.15, -0.1) is 16.9 Å². The lowest BCUT2D eigenvalue weighted by Gasteiger charge is -2.47. The van der Waals surface area contributed by atoms with Gasteiger partial charge < -0.3 is 41.7 Å². The van der Waals surface area contributed by atoms with Gasteiger partial charge >= 0.3 is 5.97 Å².